The van der Waals surface area contributed by atoms with E-state index >= 15 is 0 Å². The van der Waals surface area contributed by atoms with Gasteiger partial charge in [0, 0.05) is 0 Å². The third kappa shape index (κ3) is 3.47. The standard InChI is InChI=1S/C8H10N8/c9-1-6(14-3-11)8(16-5-13)7(2-10)15-4-12/h3-6H,(H2,11,14)(H2,12,15)(H2,13,16). The van der Waals surface area contributed by atoms with Gasteiger partial charge in [0.15, 0.2) is 11.7 Å². The second kappa shape index (κ2) is 7.53. The lowest BCUT2D eigenvalue weighted by molar-refractivity contribution is 0.930. The first-order valence-electron chi connectivity index (χ1n) is 4.00. The van der Waals surface area contributed by atoms with Crippen molar-refractivity contribution < 1.29 is 0 Å². The predicted octanol–water partition coefficient (Wildman–Crippen LogP) is -1.43. The average molecular weight is 218 g/mol. The zero-order valence-corrected chi connectivity index (χ0v) is 8.28. The minimum atomic E-state index is -1.05. The molecular formula is C8H10N8. The van der Waals surface area contributed by atoms with E-state index < -0.39 is 6.04 Å². The molecule has 0 saturated heterocycles. The van der Waals surface area contributed by atoms with Gasteiger partial charge < -0.3 is 17.2 Å². The van der Waals surface area contributed by atoms with Gasteiger partial charge in [-0.05, 0) is 0 Å². The van der Waals surface area contributed by atoms with Crippen molar-refractivity contribution >= 4 is 19.0 Å². The Labute approximate surface area is 92.1 Å². The lowest BCUT2D eigenvalue weighted by Gasteiger charge is -2.03. The van der Waals surface area contributed by atoms with Crippen molar-refractivity contribution in [2.24, 2.45) is 32.2 Å². The molecule has 0 fully saturated rings. The Bertz CT molecular complexity index is 416. The molecule has 82 valence electrons. The maximum absolute atomic E-state index is 8.81. The molecular weight excluding hydrogens is 208 g/mol. The van der Waals surface area contributed by atoms with Crippen LogP contribution in [0.1, 0.15) is 0 Å². The van der Waals surface area contributed by atoms with Crippen molar-refractivity contribution in [3.05, 3.63) is 11.4 Å². The van der Waals surface area contributed by atoms with Crippen molar-refractivity contribution in [2.75, 3.05) is 0 Å². The zero-order valence-electron chi connectivity index (χ0n) is 8.28. The van der Waals surface area contributed by atoms with E-state index in [0.717, 1.165) is 19.0 Å². The highest BCUT2D eigenvalue weighted by Gasteiger charge is 2.15. The fourth-order valence-corrected chi connectivity index (χ4v) is 0.820. The molecule has 0 radical (unpaired) electrons. The van der Waals surface area contributed by atoms with Crippen molar-refractivity contribution in [3.63, 3.8) is 0 Å². The number of nitriles is 2. The number of rotatable bonds is 4. The van der Waals surface area contributed by atoms with Crippen LogP contribution in [-0.4, -0.2) is 25.1 Å². The second-order valence-corrected chi connectivity index (χ2v) is 2.23. The third-order valence-electron chi connectivity index (χ3n) is 1.38. The molecule has 0 aromatic heterocycles. The average Bonchev–Trinajstić information content (AvgIpc) is 2.31. The van der Waals surface area contributed by atoms with E-state index in [1.54, 1.807) is 12.1 Å². The highest BCUT2D eigenvalue weighted by atomic mass is 15.0. The van der Waals surface area contributed by atoms with Crippen LogP contribution in [0.25, 0.3) is 0 Å². The van der Waals surface area contributed by atoms with Crippen LogP contribution in [0.5, 0.6) is 0 Å². The molecule has 0 bridgehead atoms. The van der Waals surface area contributed by atoms with Gasteiger partial charge in [-0.3, -0.25) is 4.99 Å². The Hall–Kier alpha value is -2.87. The highest BCUT2D eigenvalue weighted by Crippen LogP contribution is 2.13. The molecule has 0 aliphatic heterocycles. The molecule has 6 N–H and O–H groups in total. The molecule has 0 aliphatic rings. The molecule has 0 aromatic carbocycles. The van der Waals surface area contributed by atoms with Crippen LogP contribution in [0.3, 0.4) is 0 Å². The molecule has 0 rings (SSSR count). The van der Waals surface area contributed by atoms with Crippen LogP contribution in [0.2, 0.25) is 0 Å². The van der Waals surface area contributed by atoms with Gasteiger partial charge in [0.2, 0.25) is 0 Å². The molecule has 0 aromatic rings. The van der Waals surface area contributed by atoms with E-state index in [9.17, 15) is 0 Å². The lowest BCUT2D eigenvalue weighted by atomic mass is 10.2. The van der Waals surface area contributed by atoms with Crippen LogP contribution < -0.4 is 17.2 Å². The Morgan fingerprint density at radius 1 is 1.06 bits per heavy atom. The number of aliphatic imine (C=N–C) groups is 3. The van der Waals surface area contributed by atoms with Crippen molar-refractivity contribution in [3.8, 4) is 12.1 Å². The number of hydrogen-bond donors (Lipinski definition) is 3. The first kappa shape index (κ1) is 13.1. The van der Waals surface area contributed by atoms with Crippen LogP contribution in [0.15, 0.2) is 26.4 Å². The van der Waals surface area contributed by atoms with Gasteiger partial charge in [0.25, 0.3) is 0 Å². The molecule has 0 spiro atoms. The number of allylic oxidation sites excluding steroid dienone is 1. The van der Waals surface area contributed by atoms with E-state index in [4.69, 9.17) is 27.7 Å². The highest BCUT2D eigenvalue weighted by molar-refractivity contribution is 5.60. The van der Waals surface area contributed by atoms with Gasteiger partial charge in [0.1, 0.15) is 11.8 Å². The van der Waals surface area contributed by atoms with E-state index in [1.165, 1.54) is 0 Å². The van der Waals surface area contributed by atoms with E-state index in [1.807, 2.05) is 0 Å². The molecule has 0 saturated carbocycles. The summed E-state index contributed by atoms with van der Waals surface area (Å²) in [5.74, 6) is 0. The largest absolute Gasteiger partial charge is 0.390 e. The van der Waals surface area contributed by atoms with Gasteiger partial charge in [-0.2, -0.15) is 10.5 Å². The molecule has 0 aliphatic carbocycles. The minimum Gasteiger partial charge on any atom is -0.390 e. The van der Waals surface area contributed by atoms with Crippen molar-refractivity contribution in [1.29, 1.82) is 10.5 Å². The fourth-order valence-electron chi connectivity index (χ4n) is 0.820. The molecule has 0 amide bonds. The Balaban J connectivity index is 5.61. The molecule has 8 nitrogen and oxygen atoms in total. The maximum atomic E-state index is 8.81. The summed E-state index contributed by atoms with van der Waals surface area (Å²) in [6.45, 7) is 0. The second-order valence-electron chi connectivity index (χ2n) is 2.23. The third-order valence-corrected chi connectivity index (χ3v) is 1.38. The Morgan fingerprint density at radius 3 is 2.06 bits per heavy atom. The molecule has 1 atom stereocenters. The van der Waals surface area contributed by atoms with Crippen LogP contribution in [0.4, 0.5) is 0 Å². The normalized spacial score (nSPS) is 14.9. The number of nitrogens with zero attached hydrogens (tertiary/aromatic N) is 5. The maximum Gasteiger partial charge on any atom is 0.182 e. The molecule has 1 unspecified atom stereocenters. The van der Waals surface area contributed by atoms with Crippen LogP contribution >= 0.6 is 0 Å². The number of nitrogens with two attached hydrogens (primary N) is 3. The van der Waals surface area contributed by atoms with Gasteiger partial charge in [-0.15, -0.1) is 0 Å². The summed E-state index contributed by atoms with van der Waals surface area (Å²) in [7, 11) is 0. The summed E-state index contributed by atoms with van der Waals surface area (Å²) >= 11 is 0. The topological polar surface area (TPSA) is 163 Å². The predicted molar refractivity (Wildman–Crippen MR) is 60.1 cm³/mol. The first-order chi connectivity index (χ1) is 7.74. The van der Waals surface area contributed by atoms with Gasteiger partial charge in [-0.25, -0.2) is 9.98 Å². The Kier molecular flexibility index (Phi) is 6.18. The lowest BCUT2D eigenvalue weighted by Crippen LogP contribution is -2.10. The first-order valence-corrected chi connectivity index (χ1v) is 4.00. The van der Waals surface area contributed by atoms with Crippen molar-refractivity contribution in [2.45, 2.75) is 6.04 Å². The molecule has 0 heterocycles. The van der Waals surface area contributed by atoms with E-state index in [0.29, 0.717) is 0 Å². The zero-order chi connectivity index (χ0) is 12.4. The van der Waals surface area contributed by atoms with Crippen LogP contribution in [0, 0.1) is 22.7 Å². The number of hydrogen-bond acceptors (Lipinski definition) is 5. The smallest absolute Gasteiger partial charge is 0.182 e. The van der Waals surface area contributed by atoms with Gasteiger partial charge in [0.05, 0.1) is 25.1 Å². The quantitative estimate of drug-likeness (QED) is 0.299. The summed E-state index contributed by atoms with van der Waals surface area (Å²) in [6, 6.07) is 2.47. The fraction of sp³-hybridized carbons (Fsp3) is 0.125. The SMILES string of the molecule is N#CC(N=CN)=C(N=CN)C(C#N)N=CN. The van der Waals surface area contributed by atoms with Gasteiger partial charge in [-0.1, -0.05) is 0 Å². The summed E-state index contributed by atoms with van der Waals surface area (Å²) in [5.41, 5.74) is 15.0. The van der Waals surface area contributed by atoms with E-state index in [-0.39, 0.29) is 11.4 Å². The molecule has 8 heteroatoms. The van der Waals surface area contributed by atoms with Crippen molar-refractivity contribution in [1.82, 2.24) is 0 Å². The summed E-state index contributed by atoms with van der Waals surface area (Å²) < 4.78 is 0. The van der Waals surface area contributed by atoms with Crippen LogP contribution in [-0.2, 0) is 0 Å². The molecule has 16 heavy (non-hydrogen) atoms. The summed E-state index contributed by atoms with van der Waals surface area (Å²) in [5, 5.41) is 17.6. The summed E-state index contributed by atoms with van der Waals surface area (Å²) in [4.78, 5) is 10.8. The Morgan fingerprint density at radius 2 is 1.69 bits per heavy atom. The van der Waals surface area contributed by atoms with E-state index in [2.05, 4.69) is 15.0 Å². The minimum absolute atomic E-state index is 0.0177. The van der Waals surface area contributed by atoms with Gasteiger partial charge >= 0.3 is 0 Å². The summed E-state index contributed by atoms with van der Waals surface area (Å²) in [6.07, 6.45) is 2.77. The monoisotopic (exact) mass is 218 g/mol.